The van der Waals surface area contributed by atoms with Crippen molar-refractivity contribution < 1.29 is 13.9 Å². The number of thioether (sulfide) groups is 1. The average molecular weight is 420 g/mol. The summed E-state index contributed by atoms with van der Waals surface area (Å²) in [7, 11) is 1.58. The Bertz CT molecular complexity index is 795. The highest BCUT2D eigenvalue weighted by Gasteiger charge is 2.19. The number of carbonyl (C=O) groups is 2. The predicted molar refractivity (Wildman–Crippen MR) is 120 cm³/mol. The number of hydroxylamine groups is 2. The van der Waals surface area contributed by atoms with Crippen LogP contribution in [0.15, 0.2) is 35.2 Å². The molecule has 0 saturated heterocycles. The van der Waals surface area contributed by atoms with Crippen molar-refractivity contribution in [3.05, 3.63) is 41.5 Å². The van der Waals surface area contributed by atoms with Crippen LogP contribution < -0.4 is 0 Å². The summed E-state index contributed by atoms with van der Waals surface area (Å²) in [6, 6.07) is 9.40. The number of hydrogen-bond acceptors (Lipinski definition) is 5. The fraction of sp³-hybridized carbons (Fsp3) is 0.455. The van der Waals surface area contributed by atoms with Gasteiger partial charge in [0.2, 0.25) is 0 Å². The number of amides is 1. The molecule has 0 N–H and O–H groups in total. The third-order valence-electron chi connectivity index (χ3n) is 4.62. The van der Waals surface area contributed by atoms with Gasteiger partial charge < -0.3 is 0 Å². The normalized spacial score (nSPS) is 11.0. The van der Waals surface area contributed by atoms with E-state index in [0.717, 1.165) is 34.4 Å². The fourth-order valence-corrected chi connectivity index (χ4v) is 4.54. The lowest BCUT2D eigenvalue weighted by Crippen LogP contribution is -2.24. The minimum atomic E-state index is -0.263. The zero-order valence-corrected chi connectivity index (χ0v) is 18.5. The van der Waals surface area contributed by atoms with Gasteiger partial charge in [-0.2, -0.15) is 0 Å². The molecule has 0 aliphatic carbocycles. The second-order valence-electron chi connectivity index (χ2n) is 6.66. The molecule has 2 rings (SSSR count). The van der Waals surface area contributed by atoms with Gasteiger partial charge in [-0.1, -0.05) is 57.2 Å². The first-order valence-electron chi connectivity index (χ1n) is 9.76. The highest BCUT2D eigenvalue weighted by molar-refractivity contribution is 7.99. The monoisotopic (exact) mass is 419 g/mol. The van der Waals surface area contributed by atoms with E-state index in [1.165, 1.54) is 43.6 Å². The van der Waals surface area contributed by atoms with Crippen LogP contribution in [0.1, 0.15) is 66.2 Å². The Kier molecular flexibility index (Phi) is 9.88. The summed E-state index contributed by atoms with van der Waals surface area (Å²) in [6.07, 6.45) is 10.2. The molecular weight excluding hydrogens is 390 g/mol. The van der Waals surface area contributed by atoms with Gasteiger partial charge in [-0.05, 0) is 29.7 Å². The Morgan fingerprint density at radius 2 is 1.86 bits per heavy atom. The van der Waals surface area contributed by atoms with Crippen molar-refractivity contribution in [1.29, 1.82) is 0 Å². The molecule has 0 radical (unpaired) electrons. The smallest absolute Gasteiger partial charge is 0.278 e. The highest BCUT2D eigenvalue weighted by Crippen LogP contribution is 2.33. The molecule has 6 heteroatoms. The molecule has 2 aromatic carbocycles. The number of fused-ring (bicyclic) bond motifs is 1. The van der Waals surface area contributed by atoms with Crippen molar-refractivity contribution in [2.75, 3.05) is 19.1 Å². The van der Waals surface area contributed by atoms with Crippen LogP contribution in [-0.2, 0) is 4.28 Å². The molecule has 1 amide bonds. The summed E-state index contributed by atoms with van der Waals surface area (Å²) in [5.41, 5.74) is 1.01. The van der Waals surface area contributed by atoms with E-state index in [9.17, 15) is 9.59 Å². The van der Waals surface area contributed by atoms with Gasteiger partial charge in [0, 0.05) is 41.2 Å². The predicted octanol–water partition coefficient (Wildman–Crippen LogP) is 6.39. The number of benzene rings is 2. The van der Waals surface area contributed by atoms with E-state index in [-0.39, 0.29) is 5.91 Å². The Balaban J connectivity index is 2.22. The van der Waals surface area contributed by atoms with Crippen molar-refractivity contribution in [1.82, 2.24) is 5.06 Å². The first-order chi connectivity index (χ1) is 13.6. The standard InChI is InChI=1S/C22H29NO3S2/c1-4-5-6-7-8-9-15-28-20-14-13-19(22(25)23(2)26-27-3)21-17(16-24)11-10-12-18(20)21/h10-14,16H,4-9,15H2,1-3H3. The minimum Gasteiger partial charge on any atom is -0.298 e. The average Bonchev–Trinajstić information content (AvgIpc) is 2.72. The first-order valence-corrected chi connectivity index (χ1v) is 11.9. The molecule has 0 aliphatic rings. The van der Waals surface area contributed by atoms with E-state index in [4.69, 9.17) is 4.28 Å². The van der Waals surface area contributed by atoms with E-state index in [2.05, 4.69) is 6.92 Å². The Morgan fingerprint density at radius 3 is 2.57 bits per heavy atom. The lowest BCUT2D eigenvalue weighted by atomic mass is 9.99. The fourth-order valence-electron chi connectivity index (χ4n) is 3.19. The van der Waals surface area contributed by atoms with Crippen molar-refractivity contribution in [3.8, 4) is 0 Å². The largest absolute Gasteiger partial charge is 0.298 e. The van der Waals surface area contributed by atoms with E-state index in [0.29, 0.717) is 16.5 Å². The molecule has 28 heavy (non-hydrogen) atoms. The molecule has 0 heterocycles. The molecule has 0 atom stereocenters. The number of carbonyl (C=O) groups excluding carboxylic acids is 2. The van der Waals surface area contributed by atoms with Gasteiger partial charge >= 0.3 is 0 Å². The lowest BCUT2D eigenvalue weighted by molar-refractivity contribution is 0.00219. The van der Waals surface area contributed by atoms with E-state index >= 15 is 0 Å². The van der Waals surface area contributed by atoms with Crippen LogP contribution in [0.4, 0.5) is 0 Å². The van der Waals surface area contributed by atoms with Crippen LogP contribution >= 0.6 is 23.8 Å². The molecule has 2 aromatic rings. The Hall–Kier alpha value is -1.50. The zero-order valence-electron chi connectivity index (χ0n) is 16.9. The third kappa shape index (κ3) is 6.00. The molecule has 4 nitrogen and oxygen atoms in total. The number of aldehydes is 1. The highest BCUT2D eigenvalue weighted by atomic mass is 32.2. The van der Waals surface area contributed by atoms with E-state index < -0.39 is 0 Å². The lowest BCUT2D eigenvalue weighted by Gasteiger charge is -2.17. The van der Waals surface area contributed by atoms with E-state index in [1.54, 1.807) is 37.2 Å². The molecule has 0 aromatic heterocycles. The minimum absolute atomic E-state index is 0.263. The molecule has 0 saturated carbocycles. The molecule has 0 aliphatic heterocycles. The van der Waals surface area contributed by atoms with Gasteiger partial charge in [0.15, 0.2) is 6.29 Å². The summed E-state index contributed by atoms with van der Waals surface area (Å²) in [4.78, 5) is 25.5. The number of nitrogens with zero attached hydrogens (tertiary/aromatic N) is 1. The number of rotatable bonds is 12. The van der Waals surface area contributed by atoms with Crippen LogP contribution in [0.25, 0.3) is 10.8 Å². The summed E-state index contributed by atoms with van der Waals surface area (Å²) < 4.78 is 5.24. The van der Waals surface area contributed by atoms with Crippen LogP contribution in [0.5, 0.6) is 0 Å². The van der Waals surface area contributed by atoms with Gasteiger partial charge in [0.1, 0.15) is 0 Å². The Labute approximate surface area is 176 Å². The van der Waals surface area contributed by atoms with Crippen molar-refractivity contribution in [2.24, 2.45) is 0 Å². The SMILES string of the molecule is CCCCCCCCSc1ccc(C(=O)N(C)OSC)c2c(C=O)cccc12. The number of hydrogen-bond donors (Lipinski definition) is 0. The topological polar surface area (TPSA) is 46.6 Å². The zero-order chi connectivity index (χ0) is 20.4. The maximum Gasteiger partial charge on any atom is 0.278 e. The van der Waals surface area contributed by atoms with Gasteiger partial charge in [0.25, 0.3) is 5.91 Å². The van der Waals surface area contributed by atoms with Crippen LogP contribution in [-0.4, -0.2) is 36.3 Å². The second-order valence-corrected chi connectivity index (χ2v) is 8.28. The molecular formula is C22H29NO3S2. The number of unbranched alkanes of at least 4 members (excludes halogenated alkanes) is 5. The summed E-state index contributed by atoms with van der Waals surface area (Å²) >= 11 is 2.90. The van der Waals surface area contributed by atoms with Crippen molar-refractivity contribution in [3.63, 3.8) is 0 Å². The van der Waals surface area contributed by atoms with Crippen molar-refractivity contribution >= 4 is 46.8 Å². The van der Waals surface area contributed by atoms with Gasteiger partial charge in [-0.25, -0.2) is 9.35 Å². The third-order valence-corrected chi connectivity index (χ3v) is 6.15. The maximum atomic E-state index is 12.8. The van der Waals surface area contributed by atoms with Crippen molar-refractivity contribution in [2.45, 2.75) is 50.3 Å². The summed E-state index contributed by atoms with van der Waals surface area (Å²) in [5, 5.41) is 2.85. The summed E-state index contributed by atoms with van der Waals surface area (Å²) in [6.45, 7) is 2.23. The van der Waals surface area contributed by atoms with Gasteiger partial charge in [-0.15, -0.1) is 11.8 Å². The quantitative estimate of drug-likeness (QED) is 0.131. The van der Waals surface area contributed by atoms with Crippen LogP contribution in [0.2, 0.25) is 0 Å². The maximum absolute atomic E-state index is 12.8. The molecule has 0 spiro atoms. The molecule has 152 valence electrons. The van der Waals surface area contributed by atoms with Crippen LogP contribution in [0.3, 0.4) is 0 Å². The second kappa shape index (κ2) is 12.1. The Morgan fingerprint density at radius 1 is 1.11 bits per heavy atom. The van der Waals surface area contributed by atoms with Gasteiger partial charge in [0.05, 0.1) is 5.56 Å². The molecule has 0 bridgehead atoms. The molecule has 0 fully saturated rings. The summed E-state index contributed by atoms with van der Waals surface area (Å²) in [5.74, 6) is 0.774. The van der Waals surface area contributed by atoms with Gasteiger partial charge in [-0.3, -0.25) is 9.59 Å². The molecule has 0 unspecified atom stereocenters. The first kappa shape index (κ1) is 22.8. The van der Waals surface area contributed by atoms with E-state index in [1.807, 2.05) is 18.2 Å². The van der Waals surface area contributed by atoms with Crippen LogP contribution in [0, 0.1) is 0 Å².